The summed E-state index contributed by atoms with van der Waals surface area (Å²) in [5.41, 5.74) is 10.5. The minimum atomic E-state index is -0.0526. The number of hydrogen-bond donors (Lipinski definition) is 1. The first-order valence-corrected chi connectivity index (χ1v) is 15.7. The van der Waals surface area contributed by atoms with Gasteiger partial charge in [0.05, 0.1) is 16.9 Å². The van der Waals surface area contributed by atoms with Crippen molar-refractivity contribution in [3.8, 4) is 45.1 Å². The second kappa shape index (κ2) is 12.2. The fourth-order valence-electron chi connectivity index (χ4n) is 6.07. The van der Waals surface area contributed by atoms with E-state index in [1.165, 1.54) is 11.1 Å². The van der Waals surface area contributed by atoms with Gasteiger partial charge in [-0.2, -0.15) is 0 Å². The van der Waals surface area contributed by atoms with Crippen LogP contribution in [0.3, 0.4) is 0 Å². The molecule has 0 saturated carbocycles. The van der Waals surface area contributed by atoms with Crippen molar-refractivity contribution in [2.45, 2.75) is 52.4 Å². The van der Waals surface area contributed by atoms with Gasteiger partial charge in [-0.1, -0.05) is 101 Å². The Kier molecular flexibility index (Phi) is 8.40. The molecule has 0 saturated heterocycles. The van der Waals surface area contributed by atoms with Gasteiger partial charge in [0.15, 0.2) is 0 Å². The Morgan fingerprint density at radius 2 is 1.34 bits per heavy atom. The number of benzene rings is 5. The van der Waals surface area contributed by atoms with E-state index in [0.29, 0.717) is 0 Å². The topological polar surface area (TPSA) is 63.8 Å². The maximum absolute atomic E-state index is 10.8. The van der Waals surface area contributed by atoms with Crippen LogP contribution in [0.25, 0.3) is 61.3 Å². The molecule has 7 aromatic rings. The summed E-state index contributed by atoms with van der Waals surface area (Å²) in [6.07, 6.45) is 3.49. The van der Waals surface area contributed by atoms with Crippen LogP contribution < -0.4 is 0 Å². The minimum absolute atomic E-state index is 0. The van der Waals surface area contributed by atoms with Gasteiger partial charge in [0.2, 0.25) is 0 Å². The number of rotatable bonds is 4. The zero-order valence-electron chi connectivity index (χ0n) is 27.4. The number of aromatic hydroxyl groups is 1. The number of aromatic nitrogens is 4. The first-order chi connectivity index (χ1) is 22.0. The van der Waals surface area contributed by atoms with Gasteiger partial charge in [-0.15, -0.1) is 29.8 Å². The van der Waals surface area contributed by atoms with Crippen molar-refractivity contribution in [1.82, 2.24) is 19.5 Å². The van der Waals surface area contributed by atoms with E-state index in [9.17, 15) is 5.11 Å². The normalized spacial score (nSPS) is 12.0. The molecule has 0 unspecified atom stereocenters. The van der Waals surface area contributed by atoms with Crippen molar-refractivity contribution in [3.63, 3.8) is 0 Å². The average molecular weight is 797 g/mol. The summed E-state index contributed by atoms with van der Waals surface area (Å²) in [5.74, 6) is 0.996. The van der Waals surface area contributed by atoms with Gasteiger partial charge in [0, 0.05) is 55.0 Å². The van der Waals surface area contributed by atoms with Crippen LogP contribution in [-0.2, 0) is 31.9 Å². The zero-order valence-corrected chi connectivity index (χ0v) is 29.7. The van der Waals surface area contributed by atoms with Crippen LogP contribution in [0.1, 0.15) is 52.7 Å². The monoisotopic (exact) mass is 796 g/mol. The molecule has 5 aromatic carbocycles. The van der Waals surface area contributed by atoms with Gasteiger partial charge in [0.25, 0.3) is 0 Å². The first-order valence-electron chi connectivity index (χ1n) is 15.7. The smallest absolute Gasteiger partial charge is 0.123 e. The van der Waals surface area contributed by atoms with Gasteiger partial charge in [0.1, 0.15) is 12.1 Å². The minimum Gasteiger partial charge on any atom is -0.507 e. The summed E-state index contributed by atoms with van der Waals surface area (Å²) < 4.78 is 2.20. The number of nitrogens with zero attached hydrogens (tertiary/aromatic N) is 4. The molecule has 0 bridgehead atoms. The quantitative estimate of drug-likeness (QED) is 0.180. The van der Waals surface area contributed by atoms with E-state index in [1.54, 1.807) is 12.4 Å². The molecule has 6 heteroatoms. The SMILES string of the molecule is CC(C)(C)c1ccc(-n2c(-c3[c-]c(-c4cc(C(C)(C)C)cc5cncnc45)ccc3)nc3c(-c4ccccc4O)cccc32)cc1.[Pt]. The summed E-state index contributed by atoms with van der Waals surface area (Å²) in [6, 6.07) is 36.7. The number of fused-ring (bicyclic) bond motifs is 2. The Hall–Kier alpha value is -4.60. The molecule has 238 valence electrons. The van der Waals surface area contributed by atoms with Crippen molar-refractivity contribution < 1.29 is 26.2 Å². The van der Waals surface area contributed by atoms with Gasteiger partial charge < -0.3 is 9.67 Å². The fraction of sp³-hybridized carbons (Fsp3) is 0.195. The summed E-state index contributed by atoms with van der Waals surface area (Å²) in [4.78, 5) is 14.3. The van der Waals surface area contributed by atoms with Crippen molar-refractivity contribution in [3.05, 3.63) is 127 Å². The Morgan fingerprint density at radius 3 is 2.06 bits per heavy atom. The van der Waals surface area contributed by atoms with E-state index in [-0.39, 0.29) is 37.6 Å². The van der Waals surface area contributed by atoms with Crippen LogP contribution >= 0.6 is 0 Å². The number of imidazole rings is 1. The van der Waals surface area contributed by atoms with E-state index in [0.717, 1.165) is 61.3 Å². The molecule has 0 spiro atoms. The number of hydrogen-bond acceptors (Lipinski definition) is 4. The fourth-order valence-corrected chi connectivity index (χ4v) is 6.07. The predicted molar refractivity (Wildman–Crippen MR) is 188 cm³/mol. The first kappa shape index (κ1) is 32.3. The summed E-state index contributed by atoms with van der Waals surface area (Å²) in [5, 5.41) is 11.8. The molecule has 2 aromatic heterocycles. The van der Waals surface area contributed by atoms with E-state index < -0.39 is 0 Å². The molecule has 0 atom stereocenters. The van der Waals surface area contributed by atoms with Crippen LogP contribution in [0, 0.1) is 6.07 Å². The number of phenolic OH excluding ortho intramolecular Hbond substituents is 1. The second-order valence-electron chi connectivity index (χ2n) is 14.0. The largest absolute Gasteiger partial charge is 0.507 e. The molecule has 0 aliphatic rings. The second-order valence-corrected chi connectivity index (χ2v) is 14.0. The van der Waals surface area contributed by atoms with Crippen LogP contribution in [0.15, 0.2) is 110 Å². The molecule has 47 heavy (non-hydrogen) atoms. The van der Waals surface area contributed by atoms with E-state index in [4.69, 9.17) is 4.98 Å². The van der Waals surface area contributed by atoms with Gasteiger partial charge >= 0.3 is 0 Å². The van der Waals surface area contributed by atoms with Gasteiger partial charge in [-0.25, -0.2) is 9.97 Å². The molecule has 0 amide bonds. The third-order valence-electron chi connectivity index (χ3n) is 8.67. The molecule has 0 radical (unpaired) electrons. The Labute approximate surface area is 290 Å². The van der Waals surface area contributed by atoms with Crippen molar-refractivity contribution in [1.29, 1.82) is 0 Å². The van der Waals surface area contributed by atoms with E-state index >= 15 is 0 Å². The van der Waals surface area contributed by atoms with Crippen LogP contribution in [0.2, 0.25) is 0 Å². The van der Waals surface area contributed by atoms with Gasteiger partial charge in [-0.05, 0) is 52.3 Å². The Balaban J connectivity index is 0.00000386. The maximum atomic E-state index is 10.8. The molecule has 5 nitrogen and oxygen atoms in total. The third-order valence-corrected chi connectivity index (χ3v) is 8.67. The van der Waals surface area contributed by atoms with Crippen LogP contribution in [0.5, 0.6) is 5.75 Å². The number of phenols is 1. The van der Waals surface area contributed by atoms with Crippen molar-refractivity contribution in [2.24, 2.45) is 0 Å². The molecule has 0 fully saturated rings. The van der Waals surface area contributed by atoms with Crippen molar-refractivity contribution in [2.75, 3.05) is 0 Å². The molecular weight excluding hydrogens is 760 g/mol. The average Bonchev–Trinajstić information content (AvgIpc) is 3.44. The molecule has 1 N–H and O–H groups in total. The number of para-hydroxylation sites is 2. The van der Waals surface area contributed by atoms with E-state index in [1.807, 2.05) is 36.5 Å². The van der Waals surface area contributed by atoms with Crippen LogP contribution in [0.4, 0.5) is 0 Å². The summed E-state index contributed by atoms with van der Waals surface area (Å²) in [7, 11) is 0. The Morgan fingerprint density at radius 1 is 0.660 bits per heavy atom. The molecular formula is C41H37N4OPt-. The molecule has 2 heterocycles. The Bertz CT molecular complexity index is 2240. The van der Waals surface area contributed by atoms with Crippen LogP contribution in [-0.4, -0.2) is 24.6 Å². The van der Waals surface area contributed by atoms with E-state index in [2.05, 4.69) is 123 Å². The standard InChI is InChI=1S/C41H37N4O.Pt/c1-40(2,3)29-17-19-31(20-18-29)45-35-15-10-14-33(32-13-7-8-16-36(32)46)38(35)44-39(45)27-12-9-11-26(21-27)34-23-30(41(4,5)6)22-28-24-42-25-43-37(28)34;/h7-20,22-25,46H,1-6H3;/q-1;. The summed E-state index contributed by atoms with van der Waals surface area (Å²) in [6.45, 7) is 13.3. The maximum Gasteiger partial charge on any atom is 0.123 e. The zero-order chi connectivity index (χ0) is 32.2. The summed E-state index contributed by atoms with van der Waals surface area (Å²) >= 11 is 0. The molecule has 0 aliphatic heterocycles. The van der Waals surface area contributed by atoms with Crippen molar-refractivity contribution >= 4 is 21.9 Å². The van der Waals surface area contributed by atoms with Gasteiger partial charge in [-0.3, -0.25) is 4.98 Å². The molecule has 0 aliphatic carbocycles. The predicted octanol–water partition coefficient (Wildman–Crippen LogP) is 10.1. The molecule has 7 rings (SSSR count). The third kappa shape index (κ3) is 6.01.